The second kappa shape index (κ2) is 10.1. The number of hydrogen-bond acceptors (Lipinski definition) is 3. The largest absolute Gasteiger partial charge is 0.356 e. The maximum Gasteiger partial charge on any atom is 0.209 e. The number of nitrogens with zero attached hydrogens (tertiary/aromatic N) is 1. The predicted molar refractivity (Wildman–Crippen MR) is 107 cm³/mol. The van der Waals surface area contributed by atoms with Crippen molar-refractivity contribution in [2.24, 2.45) is 4.99 Å². The summed E-state index contributed by atoms with van der Waals surface area (Å²) in [7, 11) is -1.63. The van der Waals surface area contributed by atoms with Crippen LogP contribution in [0.1, 0.15) is 19.4 Å². The molecule has 3 N–H and O–H groups in total. The quantitative estimate of drug-likeness (QED) is 0.319. The third kappa shape index (κ3) is 10.0. The first kappa shape index (κ1) is 23.1. The Morgan fingerprint density at radius 3 is 2.29 bits per heavy atom. The molecule has 0 atom stereocenters. The molecule has 0 bridgehead atoms. The third-order valence-electron chi connectivity index (χ3n) is 3.00. The molecule has 9 heteroatoms. The van der Waals surface area contributed by atoms with E-state index in [0.717, 1.165) is 18.2 Å². The Morgan fingerprint density at radius 1 is 1.21 bits per heavy atom. The van der Waals surface area contributed by atoms with Crippen LogP contribution >= 0.6 is 24.0 Å². The Hall–Kier alpha value is -0.940. The van der Waals surface area contributed by atoms with Crippen molar-refractivity contribution in [2.45, 2.75) is 25.8 Å². The van der Waals surface area contributed by atoms with Gasteiger partial charge in [0.1, 0.15) is 5.82 Å². The predicted octanol–water partition coefficient (Wildman–Crippen LogP) is 1.48. The molecular weight excluding hydrogens is 446 g/mol. The molecule has 0 aliphatic heterocycles. The lowest BCUT2D eigenvalue weighted by molar-refractivity contribution is 0.446. The highest BCUT2D eigenvalue weighted by Gasteiger charge is 2.22. The van der Waals surface area contributed by atoms with Gasteiger partial charge in [0.2, 0.25) is 10.0 Å². The molecule has 138 valence electrons. The molecule has 0 radical (unpaired) electrons. The highest BCUT2D eigenvalue weighted by atomic mass is 127. The summed E-state index contributed by atoms with van der Waals surface area (Å²) in [4.78, 5) is 4.09. The first-order valence-corrected chi connectivity index (χ1v) is 9.18. The van der Waals surface area contributed by atoms with Crippen molar-refractivity contribution >= 4 is 40.0 Å². The lowest BCUT2D eigenvalue weighted by Gasteiger charge is -2.26. The molecule has 24 heavy (non-hydrogen) atoms. The van der Waals surface area contributed by atoms with Crippen molar-refractivity contribution in [3.8, 4) is 0 Å². The number of benzene rings is 1. The van der Waals surface area contributed by atoms with Crippen LogP contribution in [0.4, 0.5) is 4.39 Å². The van der Waals surface area contributed by atoms with Gasteiger partial charge in [-0.05, 0) is 38.0 Å². The first-order chi connectivity index (χ1) is 10.6. The molecule has 1 rings (SSSR count). The summed E-state index contributed by atoms with van der Waals surface area (Å²) in [6.45, 7) is 4.58. The minimum Gasteiger partial charge on any atom is -0.356 e. The van der Waals surface area contributed by atoms with Gasteiger partial charge in [-0.15, -0.1) is 24.0 Å². The Labute approximate surface area is 160 Å². The molecule has 0 aliphatic rings. The molecule has 1 aromatic rings. The fourth-order valence-electron chi connectivity index (χ4n) is 2.04. The summed E-state index contributed by atoms with van der Waals surface area (Å²) in [6, 6.07) is 6.35. The Morgan fingerprint density at radius 2 is 1.79 bits per heavy atom. The van der Waals surface area contributed by atoms with Crippen LogP contribution in [-0.4, -0.2) is 46.3 Å². The zero-order valence-corrected chi connectivity index (χ0v) is 17.5. The van der Waals surface area contributed by atoms with Gasteiger partial charge in [-0.1, -0.05) is 12.1 Å². The van der Waals surface area contributed by atoms with E-state index in [0.29, 0.717) is 19.0 Å². The van der Waals surface area contributed by atoms with Gasteiger partial charge in [0, 0.05) is 25.7 Å². The maximum absolute atomic E-state index is 12.8. The second-order valence-corrected chi connectivity index (χ2v) is 7.74. The van der Waals surface area contributed by atoms with E-state index < -0.39 is 15.6 Å². The van der Waals surface area contributed by atoms with E-state index in [1.165, 1.54) is 12.1 Å². The smallest absolute Gasteiger partial charge is 0.209 e. The summed E-state index contributed by atoms with van der Waals surface area (Å²) < 4.78 is 38.0. The van der Waals surface area contributed by atoms with Crippen molar-refractivity contribution in [3.05, 3.63) is 35.6 Å². The van der Waals surface area contributed by atoms with Gasteiger partial charge in [-0.2, -0.15) is 0 Å². The Balaban J connectivity index is 0.00000529. The van der Waals surface area contributed by atoms with E-state index in [2.05, 4.69) is 20.3 Å². The lowest BCUT2D eigenvalue weighted by Crippen LogP contribution is -2.53. The molecule has 6 nitrogen and oxygen atoms in total. The number of rotatable bonds is 7. The van der Waals surface area contributed by atoms with Gasteiger partial charge in [-0.3, -0.25) is 4.99 Å². The molecule has 0 heterocycles. The topological polar surface area (TPSA) is 82.6 Å². The standard InChI is InChI=1S/C15H25FN4O2S.HI/c1-15(2,20-23(4,21)22)11-19-14(17-3)18-10-9-12-5-7-13(16)8-6-12;/h5-8,20H,9-11H2,1-4H3,(H2,17,18,19);1H. The second-order valence-electron chi connectivity index (χ2n) is 5.99. The minimum atomic E-state index is -3.27. The van der Waals surface area contributed by atoms with E-state index in [4.69, 9.17) is 0 Å². The average Bonchev–Trinajstić information content (AvgIpc) is 2.42. The normalized spacial score (nSPS) is 12.5. The molecule has 0 amide bonds. The molecular formula is C15H26FIN4O2S. The van der Waals surface area contributed by atoms with Gasteiger partial charge < -0.3 is 10.6 Å². The fourth-order valence-corrected chi connectivity index (χ4v) is 3.12. The first-order valence-electron chi connectivity index (χ1n) is 7.29. The van der Waals surface area contributed by atoms with Crippen molar-refractivity contribution in [1.82, 2.24) is 15.4 Å². The van der Waals surface area contributed by atoms with Crippen molar-refractivity contribution in [2.75, 3.05) is 26.4 Å². The summed E-state index contributed by atoms with van der Waals surface area (Å²) >= 11 is 0. The van der Waals surface area contributed by atoms with Crippen LogP contribution in [0.25, 0.3) is 0 Å². The van der Waals surface area contributed by atoms with E-state index in [1.807, 2.05) is 0 Å². The third-order valence-corrected chi connectivity index (χ3v) is 3.93. The Kier molecular flexibility index (Phi) is 9.74. The molecule has 0 fully saturated rings. The van der Waals surface area contributed by atoms with Crippen LogP contribution < -0.4 is 15.4 Å². The molecule has 0 saturated carbocycles. The molecule has 0 aromatic heterocycles. The number of guanidine groups is 1. The minimum absolute atomic E-state index is 0. The molecule has 0 aliphatic carbocycles. The van der Waals surface area contributed by atoms with Gasteiger partial charge in [0.15, 0.2) is 5.96 Å². The highest BCUT2D eigenvalue weighted by molar-refractivity contribution is 14.0. The summed E-state index contributed by atoms with van der Waals surface area (Å²) in [6.07, 6.45) is 1.86. The van der Waals surface area contributed by atoms with Gasteiger partial charge in [-0.25, -0.2) is 17.5 Å². The van der Waals surface area contributed by atoms with E-state index in [9.17, 15) is 12.8 Å². The zero-order valence-electron chi connectivity index (χ0n) is 14.4. The van der Waals surface area contributed by atoms with Crippen molar-refractivity contribution < 1.29 is 12.8 Å². The number of nitrogens with one attached hydrogen (secondary N) is 3. The van der Waals surface area contributed by atoms with Crippen LogP contribution in [0.3, 0.4) is 0 Å². The summed E-state index contributed by atoms with van der Waals surface area (Å²) in [5.41, 5.74) is 0.385. The van der Waals surface area contributed by atoms with Crippen LogP contribution in [0.15, 0.2) is 29.3 Å². The number of sulfonamides is 1. The van der Waals surface area contributed by atoms with E-state index >= 15 is 0 Å². The van der Waals surface area contributed by atoms with Crippen LogP contribution in [-0.2, 0) is 16.4 Å². The number of hydrogen-bond donors (Lipinski definition) is 3. The SMILES string of the molecule is CN=C(NCCc1ccc(F)cc1)NCC(C)(C)NS(C)(=O)=O.I. The van der Waals surface area contributed by atoms with Gasteiger partial charge >= 0.3 is 0 Å². The van der Waals surface area contributed by atoms with Crippen molar-refractivity contribution in [1.29, 1.82) is 0 Å². The maximum atomic E-state index is 12.8. The molecule has 0 spiro atoms. The van der Waals surface area contributed by atoms with Crippen LogP contribution in [0, 0.1) is 5.82 Å². The monoisotopic (exact) mass is 472 g/mol. The molecule has 0 saturated heterocycles. The number of halogens is 2. The molecule has 1 aromatic carbocycles. The number of aliphatic imine (C=N–C) groups is 1. The van der Waals surface area contributed by atoms with E-state index in [1.54, 1.807) is 33.0 Å². The summed E-state index contributed by atoms with van der Waals surface area (Å²) in [5, 5.41) is 6.22. The van der Waals surface area contributed by atoms with Gasteiger partial charge in [0.25, 0.3) is 0 Å². The Bertz CT molecular complexity index is 633. The average molecular weight is 472 g/mol. The van der Waals surface area contributed by atoms with Crippen LogP contribution in [0.5, 0.6) is 0 Å². The lowest BCUT2D eigenvalue weighted by atomic mass is 10.1. The van der Waals surface area contributed by atoms with E-state index in [-0.39, 0.29) is 29.8 Å². The zero-order chi connectivity index (χ0) is 17.5. The molecule has 0 unspecified atom stereocenters. The fraction of sp³-hybridized carbons (Fsp3) is 0.533. The summed E-state index contributed by atoms with van der Waals surface area (Å²) in [5.74, 6) is 0.329. The van der Waals surface area contributed by atoms with Crippen LogP contribution in [0.2, 0.25) is 0 Å². The highest BCUT2D eigenvalue weighted by Crippen LogP contribution is 2.03. The van der Waals surface area contributed by atoms with Crippen molar-refractivity contribution in [3.63, 3.8) is 0 Å². The van der Waals surface area contributed by atoms with Gasteiger partial charge in [0.05, 0.1) is 6.26 Å².